The molecule has 0 aliphatic rings. The van der Waals surface area contributed by atoms with Crippen LogP contribution in [0.3, 0.4) is 0 Å². The summed E-state index contributed by atoms with van der Waals surface area (Å²) in [6, 6.07) is 2.66. The average molecular weight is 585 g/mol. The van der Waals surface area contributed by atoms with Gasteiger partial charge in [0, 0.05) is 38.8 Å². The van der Waals surface area contributed by atoms with Gasteiger partial charge in [0.25, 0.3) is 8.53 Å². The fourth-order valence-corrected chi connectivity index (χ4v) is 3.68. The summed E-state index contributed by atoms with van der Waals surface area (Å²) < 4.78 is 29.9. The van der Waals surface area contributed by atoms with E-state index in [-0.39, 0.29) is 38.7 Å². The number of nitriles is 1. The summed E-state index contributed by atoms with van der Waals surface area (Å²) in [7, 11) is -1.21. The molecule has 0 spiro atoms. The van der Waals surface area contributed by atoms with Gasteiger partial charge in [-0.3, -0.25) is 0 Å². The van der Waals surface area contributed by atoms with Crippen LogP contribution in [0.5, 0.6) is 0 Å². The van der Waals surface area contributed by atoms with Crippen molar-refractivity contribution >= 4 is 8.53 Å². The molecule has 0 heterocycles. The molecule has 0 saturated carbocycles. The maximum atomic E-state index is 8.69. The van der Waals surface area contributed by atoms with Crippen molar-refractivity contribution < 1.29 is 43.4 Å². The van der Waals surface area contributed by atoms with Gasteiger partial charge >= 0.3 is 0 Å². The molecule has 10 heteroatoms. The molecule has 1 N–H and O–H groups in total. The van der Waals surface area contributed by atoms with E-state index in [0.29, 0.717) is 59.3 Å². The molecule has 0 bridgehead atoms. The molecular formula is C17H35IrN3O5P-. The summed E-state index contributed by atoms with van der Waals surface area (Å²) >= 11 is 0. The van der Waals surface area contributed by atoms with E-state index in [4.69, 9.17) is 34.3 Å². The van der Waals surface area contributed by atoms with Gasteiger partial charge in [0.2, 0.25) is 0 Å². The Morgan fingerprint density at radius 1 is 0.815 bits per heavy atom. The van der Waals surface area contributed by atoms with E-state index >= 15 is 0 Å². The van der Waals surface area contributed by atoms with Gasteiger partial charge in [-0.25, -0.2) is 4.67 Å². The van der Waals surface area contributed by atoms with Gasteiger partial charge in [-0.1, -0.05) is 0 Å². The van der Waals surface area contributed by atoms with Gasteiger partial charge < -0.3 is 29.0 Å². The Kier molecular flexibility index (Phi) is 22.9. The van der Waals surface area contributed by atoms with Crippen LogP contribution in [0, 0.1) is 11.3 Å². The Balaban J connectivity index is 0. The molecule has 0 rings (SSSR count). The summed E-state index contributed by atoms with van der Waals surface area (Å²) in [5.74, 6) is 0. The monoisotopic (exact) mass is 585 g/mol. The Labute approximate surface area is 179 Å². The zero-order valence-electron chi connectivity index (χ0n) is 16.9. The maximum Gasteiger partial charge on any atom is 0.259 e. The summed E-state index contributed by atoms with van der Waals surface area (Å²) in [4.78, 5) is 0. The van der Waals surface area contributed by atoms with Gasteiger partial charge in [0.15, 0.2) is 0 Å². The number of ether oxygens (including phenoxy) is 3. The second kappa shape index (κ2) is 21.0. The molecule has 0 aliphatic heterocycles. The van der Waals surface area contributed by atoms with E-state index in [1.165, 1.54) is 0 Å². The molecule has 0 aliphatic carbocycles. The van der Waals surface area contributed by atoms with Gasteiger partial charge in [0.05, 0.1) is 58.7 Å². The first-order valence-corrected chi connectivity index (χ1v) is 10.3. The van der Waals surface area contributed by atoms with E-state index in [1.807, 2.05) is 0 Å². The topological polar surface area (TPSA) is 97.0 Å². The molecule has 0 aromatic rings. The molecule has 1 unspecified atom stereocenters. The smallest absolute Gasteiger partial charge is 0.259 e. The third-order valence-electron chi connectivity index (χ3n) is 3.08. The third kappa shape index (κ3) is 16.9. The van der Waals surface area contributed by atoms with Crippen molar-refractivity contribution in [1.82, 2.24) is 4.67 Å². The van der Waals surface area contributed by atoms with Gasteiger partial charge in [-0.05, 0) is 27.7 Å². The summed E-state index contributed by atoms with van der Waals surface area (Å²) in [5.41, 5.74) is 6.94. The van der Waals surface area contributed by atoms with Crippen molar-refractivity contribution in [2.45, 2.75) is 46.2 Å². The minimum absolute atomic E-state index is 0. The minimum atomic E-state index is -1.21. The van der Waals surface area contributed by atoms with Crippen LogP contribution in [0.25, 0.3) is 5.73 Å². The summed E-state index contributed by atoms with van der Waals surface area (Å²) in [5, 5.41) is 8.69. The van der Waals surface area contributed by atoms with Crippen LogP contribution < -0.4 is 0 Å². The van der Waals surface area contributed by atoms with E-state index in [9.17, 15) is 0 Å². The molecule has 1 radical (unpaired) electrons. The molecule has 0 aromatic carbocycles. The Morgan fingerprint density at radius 2 is 1.26 bits per heavy atom. The average Bonchev–Trinajstić information content (AvgIpc) is 2.58. The first-order valence-electron chi connectivity index (χ1n) is 9.13. The number of nitrogens with one attached hydrogen (secondary N) is 1. The molecule has 0 fully saturated rings. The molecular weight excluding hydrogens is 549 g/mol. The zero-order valence-corrected chi connectivity index (χ0v) is 20.2. The number of hydrogen-bond acceptors (Lipinski definition) is 7. The van der Waals surface area contributed by atoms with E-state index < -0.39 is 8.53 Å². The zero-order chi connectivity index (χ0) is 19.6. The molecule has 0 amide bonds. The number of hydrogen-bond donors (Lipinski definition) is 0. The van der Waals surface area contributed by atoms with E-state index in [1.54, 1.807) is 0 Å². The van der Waals surface area contributed by atoms with E-state index in [2.05, 4.69) is 38.4 Å². The molecule has 8 nitrogen and oxygen atoms in total. The maximum absolute atomic E-state index is 8.69. The SMILES string of the molecule is CC(C)N(C(C)C)P(OCCC#N)OCCOCCOCCOCC[NH-].[Ir]. The van der Waals surface area contributed by atoms with Gasteiger partial charge in [-0.2, -0.15) is 5.26 Å². The van der Waals surface area contributed by atoms with Crippen LogP contribution in [-0.2, 0) is 43.4 Å². The second-order valence-corrected chi connectivity index (χ2v) is 7.42. The standard InChI is InChI=1S/C17H35N3O5P.Ir/c1-16(2)20(17(3)4)26(24-8-5-6-18)25-15-14-23-13-12-22-11-10-21-9-7-19;/h16-17,19H,5,7-15H2,1-4H3;/q-1;. The van der Waals surface area contributed by atoms with E-state index in [0.717, 1.165) is 0 Å². The van der Waals surface area contributed by atoms with Crippen LogP contribution >= 0.6 is 8.53 Å². The normalized spacial score (nSPS) is 12.4. The van der Waals surface area contributed by atoms with Crippen molar-refractivity contribution in [2.75, 3.05) is 59.4 Å². The Bertz CT molecular complexity index is 354. The second-order valence-electron chi connectivity index (χ2n) is 5.97. The predicted octanol–water partition coefficient (Wildman–Crippen LogP) is 3.38. The fraction of sp³-hybridized carbons (Fsp3) is 0.941. The van der Waals surface area contributed by atoms with Crippen molar-refractivity contribution in [3.8, 4) is 6.07 Å². The minimum Gasteiger partial charge on any atom is -0.676 e. The first kappa shape index (κ1) is 29.5. The summed E-state index contributed by atoms with van der Waals surface area (Å²) in [6.07, 6.45) is 0.353. The van der Waals surface area contributed by atoms with Crippen LogP contribution in [0.2, 0.25) is 0 Å². The largest absolute Gasteiger partial charge is 0.676 e. The number of nitrogens with zero attached hydrogens (tertiary/aromatic N) is 2. The van der Waals surface area contributed by atoms with Crippen LogP contribution in [0.4, 0.5) is 0 Å². The van der Waals surface area contributed by atoms with Crippen molar-refractivity contribution in [2.24, 2.45) is 0 Å². The Morgan fingerprint density at radius 3 is 1.70 bits per heavy atom. The molecule has 0 aromatic heterocycles. The molecule has 27 heavy (non-hydrogen) atoms. The fourth-order valence-electron chi connectivity index (χ4n) is 2.10. The van der Waals surface area contributed by atoms with Crippen LogP contribution in [-0.4, -0.2) is 76.2 Å². The molecule has 1 atom stereocenters. The predicted molar refractivity (Wildman–Crippen MR) is 103 cm³/mol. The molecule has 0 saturated heterocycles. The molecule has 163 valence electrons. The first-order chi connectivity index (χ1) is 12.5. The Hall–Kier alpha value is 0.289. The third-order valence-corrected chi connectivity index (χ3v) is 5.19. The van der Waals surface area contributed by atoms with Crippen LogP contribution in [0.1, 0.15) is 34.1 Å². The van der Waals surface area contributed by atoms with Crippen LogP contribution in [0.15, 0.2) is 0 Å². The van der Waals surface area contributed by atoms with Gasteiger partial charge in [0.1, 0.15) is 0 Å². The quantitative estimate of drug-likeness (QED) is 0.180. The number of rotatable bonds is 18. The van der Waals surface area contributed by atoms with Crippen molar-refractivity contribution in [3.05, 3.63) is 5.73 Å². The summed E-state index contributed by atoms with van der Waals surface area (Å²) in [6.45, 7) is 12.4. The van der Waals surface area contributed by atoms with Gasteiger partial charge in [-0.15, -0.1) is 6.54 Å². The van der Waals surface area contributed by atoms with Crippen molar-refractivity contribution in [3.63, 3.8) is 0 Å². The van der Waals surface area contributed by atoms with Crippen molar-refractivity contribution in [1.29, 1.82) is 5.26 Å².